The molecule has 0 aliphatic rings. The minimum absolute atomic E-state index is 0.862. The molecule has 0 atom stereocenters. The van der Waals surface area contributed by atoms with Crippen LogP contribution in [0.3, 0.4) is 0 Å². The lowest BCUT2D eigenvalue weighted by atomic mass is 10.6. The SMILES string of the molecule is CCC[Si](C)(CC[Si](OC)(OC)OC)CC[Si](OC)(OC)OC. The van der Waals surface area contributed by atoms with Gasteiger partial charge < -0.3 is 26.6 Å². The lowest BCUT2D eigenvalue weighted by molar-refractivity contribution is 0.125. The monoisotopic (exact) mass is 384 g/mol. The molecule has 0 spiro atoms. The topological polar surface area (TPSA) is 55.4 Å². The minimum atomic E-state index is -2.50. The van der Waals surface area contributed by atoms with Crippen LogP contribution in [0.2, 0.25) is 36.8 Å². The molecule has 23 heavy (non-hydrogen) atoms. The van der Waals surface area contributed by atoms with Crippen molar-refractivity contribution in [1.29, 1.82) is 0 Å². The Bertz CT molecular complexity index is 270. The summed E-state index contributed by atoms with van der Waals surface area (Å²) in [6.45, 7) is 4.68. The van der Waals surface area contributed by atoms with E-state index >= 15 is 0 Å². The normalized spacial score (nSPS) is 13.6. The van der Waals surface area contributed by atoms with Gasteiger partial charge in [-0.15, -0.1) is 0 Å². The van der Waals surface area contributed by atoms with Gasteiger partial charge in [-0.1, -0.05) is 38.0 Å². The van der Waals surface area contributed by atoms with Crippen LogP contribution in [0.15, 0.2) is 0 Å². The summed E-state index contributed by atoms with van der Waals surface area (Å²) in [5.41, 5.74) is 0. The quantitative estimate of drug-likeness (QED) is 0.429. The second kappa shape index (κ2) is 11.1. The molecule has 0 radical (unpaired) electrons. The van der Waals surface area contributed by atoms with Crippen LogP contribution >= 0.6 is 0 Å². The van der Waals surface area contributed by atoms with Gasteiger partial charge in [0.2, 0.25) is 0 Å². The molecule has 6 nitrogen and oxygen atoms in total. The smallest absolute Gasteiger partial charge is 0.377 e. The molecule has 0 unspecified atom stereocenters. The van der Waals surface area contributed by atoms with Crippen LogP contribution in [0.25, 0.3) is 0 Å². The van der Waals surface area contributed by atoms with Crippen molar-refractivity contribution in [3.8, 4) is 0 Å². The van der Waals surface area contributed by atoms with Crippen LogP contribution in [-0.4, -0.2) is 68.3 Å². The van der Waals surface area contributed by atoms with Gasteiger partial charge in [-0.3, -0.25) is 0 Å². The molecule has 0 aromatic heterocycles. The van der Waals surface area contributed by atoms with Crippen LogP contribution in [-0.2, 0) is 26.6 Å². The average molecular weight is 385 g/mol. The third-order valence-corrected chi connectivity index (χ3v) is 15.9. The highest BCUT2D eigenvalue weighted by molar-refractivity contribution is 6.81. The predicted octanol–water partition coefficient (Wildman–Crippen LogP) is 3.23. The Morgan fingerprint density at radius 2 is 0.826 bits per heavy atom. The van der Waals surface area contributed by atoms with Crippen molar-refractivity contribution >= 4 is 25.7 Å². The first-order chi connectivity index (χ1) is 10.8. The Balaban J connectivity index is 4.91. The molecule has 0 amide bonds. The van der Waals surface area contributed by atoms with E-state index in [0.717, 1.165) is 24.2 Å². The van der Waals surface area contributed by atoms with Crippen LogP contribution < -0.4 is 0 Å². The molecule has 0 saturated carbocycles. The Hall–Kier alpha value is 0.411. The lowest BCUT2D eigenvalue weighted by Crippen LogP contribution is -2.47. The predicted molar refractivity (Wildman–Crippen MR) is 99.5 cm³/mol. The largest absolute Gasteiger partial charge is 0.499 e. The first-order valence-electron chi connectivity index (χ1n) is 8.15. The maximum absolute atomic E-state index is 5.57. The summed E-state index contributed by atoms with van der Waals surface area (Å²) in [7, 11) is 3.58. The molecular weight excluding hydrogens is 348 g/mol. The summed E-state index contributed by atoms with van der Waals surface area (Å²) < 4.78 is 33.4. The highest BCUT2D eigenvalue weighted by atomic mass is 28.4. The van der Waals surface area contributed by atoms with Crippen molar-refractivity contribution in [2.24, 2.45) is 0 Å². The molecule has 0 rings (SSSR count). The molecule has 0 N–H and O–H groups in total. The first-order valence-corrected chi connectivity index (χ1v) is 15.1. The Morgan fingerprint density at radius 3 is 1.04 bits per heavy atom. The van der Waals surface area contributed by atoms with Gasteiger partial charge in [0.15, 0.2) is 0 Å². The van der Waals surface area contributed by atoms with E-state index in [1.165, 1.54) is 12.5 Å². The number of rotatable bonds is 14. The van der Waals surface area contributed by atoms with Crippen molar-refractivity contribution in [2.75, 3.05) is 42.7 Å². The standard InChI is InChI=1S/C14H36O6Si3/c1-9-10-21(8,11-13-22(15-2,16-3)17-4)12-14-23(18-5,19-6)20-7/h9-14H2,1-8H3. The minimum Gasteiger partial charge on any atom is -0.377 e. The van der Waals surface area contributed by atoms with Crippen molar-refractivity contribution < 1.29 is 26.6 Å². The van der Waals surface area contributed by atoms with Crippen molar-refractivity contribution in [2.45, 2.75) is 50.1 Å². The molecule has 9 heteroatoms. The van der Waals surface area contributed by atoms with Crippen molar-refractivity contribution in [3.05, 3.63) is 0 Å². The maximum atomic E-state index is 5.57. The van der Waals surface area contributed by atoms with Crippen LogP contribution in [0.4, 0.5) is 0 Å². The summed E-state index contributed by atoms with van der Waals surface area (Å²) in [4.78, 5) is 0. The highest BCUT2D eigenvalue weighted by Crippen LogP contribution is 2.32. The second-order valence-corrected chi connectivity index (χ2v) is 17.5. The molecule has 0 bridgehead atoms. The fourth-order valence-corrected chi connectivity index (χ4v) is 14.5. The van der Waals surface area contributed by atoms with Gasteiger partial charge in [-0.2, -0.15) is 0 Å². The van der Waals surface area contributed by atoms with E-state index in [2.05, 4.69) is 13.5 Å². The zero-order valence-electron chi connectivity index (χ0n) is 16.2. The maximum Gasteiger partial charge on any atom is 0.499 e. The summed E-state index contributed by atoms with van der Waals surface area (Å²) in [6.07, 6.45) is 1.19. The van der Waals surface area contributed by atoms with E-state index in [-0.39, 0.29) is 0 Å². The van der Waals surface area contributed by atoms with Gasteiger partial charge in [0, 0.05) is 54.7 Å². The zero-order chi connectivity index (χ0) is 18.0. The summed E-state index contributed by atoms with van der Waals surface area (Å²) in [6, 6.07) is 5.21. The molecule has 0 aliphatic carbocycles. The van der Waals surface area contributed by atoms with Gasteiger partial charge in [0.05, 0.1) is 8.07 Å². The van der Waals surface area contributed by atoms with E-state index in [1.54, 1.807) is 42.7 Å². The average Bonchev–Trinajstić information content (AvgIpc) is 2.59. The van der Waals surface area contributed by atoms with E-state index in [9.17, 15) is 0 Å². The van der Waals surface area contributed by atoms with E-state index < -0.39 is 25.7 Å². The Labute approximate surface area is 145 Å². The van der Waals surface area contributed by atoms with Crippen LogP contribution in [0.1, 0.15) is 13.3 Å². The molecule has 0 aromatic rings. The van der Waals surface area contributed by atoms with Crippen LogP contribution in [0, 0.1) is 0 Å². The molecule has 0 fully saturated rings. The Morgan fingerprint density at radius 1 is 0.522 bits per heavy atom. The third kappa shape index (κ3) is 7.04. The zero-order valence-corrected chi connectivity index (χ0v) is 19.2. The van der Waals surface area contributed by atoms with Crippen molar-refractivity contribution in [3.63, 3.8) is 0 Å². The van der Waals surface area contributed by atoms with E-state index in [0.29, 0.717) is 0 Å². The second-order valence-electron chi connectivity index (χ2n) is 6.15. The molecule has 0 heterocycles. The third-order valence-electron chi connectivity index (χ3n) is 4.79. The molecule has 0 aliphatic heterocycles. The number of hydrogen-bond acceptors (Lipinski definition) is 6. The first kappa shape index (κ1) is 23.4. The van der Waals surface area contributed by atoms with Gasteiger partial charge in [-0.05, 0) is 0 Å². The summed E-state index contributed by atoms with van der Waals surface area (Å²) in [5, 5.41) is 0. The van der Waals surface area contributed by atoms with Gasteiger partial charge >= 0.3 is 17.6 Å². The fraction of sp³-hybridized carbons (Fsp3) is 1.00. The van der Waals surface area contributed by atoms with Crippen LogP contribution in [0.5, 0.6) is 0 Å². The molecule has 0 saturated heterocycles. The van der Waals surface area contributed by atoms with Gasteiger partial charge in [0.1, 0.15) is 0 Å². The van der Waals surface area contributed by atoms with E-state index in [1.807, 2.05) is 0 Å². The van der Waals surface area contributed by atoms with E-state index in [4.69, 9.17) is 26.6 Å². The molecular formula is C14H36O6Si3. The highest BCUT2D eigenvalue weighted by Gasteiger charge is 2.44. The van der Waals surface area contributed by atoms with Gasteiger partial charge in [0.25, 0.3) is 0 Å². The molecule has 140 valence electrons. The van der Waals surface area contributed by atoms with Crippen molar-refractivity contribution in [1.82, 2.24) is 0 Å². The molecule has 0 aromatic carbocycles. The Kier molecular flexibility index (Phi) is 11.3. The number of hydrogen-bond donors (Lipinski definition) is 0. The fourth-order valence-electron chi connectivity index (χ4n) is 3.00. The summed E-state index contributed by atoms with van der Waals surface area (Å²) >= 11 is 0. The lowest BCUT2D eigenvalue weighted by Gasteiger charge is -2.33. The summed E-state index contributed by atoms with van der Waals surface area (Å²) in [5.74, 6) is 0. The van der Waals surface area contributed by atoms with Gasteiger partial charge in [-0.25, -0.2) is 0 Å².